The SMILES string of the molecule is Clc1cn2nc(Cl)cc(Cl)c2n1. The summed E-state index contributed by atoms with van der Waals surface area (Å²) in [5, 5.41) is 4.99. The van der Waals surface area contributed by atoms with Gasteiger partial charge in [-0.25, -0.2) is 9.50 Å². The standard InChI is InChI=1S/C6H2Cl3N3/c7-3-1-4(8)11-12-2-5(9)10-6(3)12/h1-2H. The first kappa shape index (κ1) is 8.10. The molecular formula is C6H2Cl3N3. The van der Waals surface area contributed by atoms with Crippen molar-refractivity contribution in [1.82, 2.24) is 14.6 Å². The zero-order valence-electron chi connectivity index (χ0n) is 5.63. The highest BCUT2D eigenvalue weighted by molar-refractivity contribution is 6.36. The van der Waals surface area contributed by atoms with Crippen LogP contribution >= 0.6 is 34.8 Å². The van der Waals surface area contributed by atoms with Crippen LogP contribution in [0.3, 0.4) is 0 Å². The highest BCUT2D eigenvalue weighted by Crippen LogP contribution is 2.20. The Morgan fingerprint density at radius 3 is 2.67 bits per heavy atom. The summed E-state index contributed by atoms with van der Waals surface area (Å²) >= 11 is 17.1. The molecule has 6 heteroatoms. The monoisotopic (exact) mass is 221 g/mol. The molecule has 12 heavy (non-hydrogen) atoms. The van der Waals surface area contributed by atoms with E-state index in [1.807, 2.05) is 0 Å². The summed E-state index contributed by atoms with van der Waals surface area (Å²) in [6, 6.07) is 1.52. The lowest BCUT2D eigenvalue weighted by molar-refractivity contribution is 0.937. The van der Waals surface area contributed by atoms with E-state index in [2.05, 4.69) is 10.1 Å². The maximum absolute atomic E-state index is 5.81. The minimum atomic E-state index is 0.307. The highest BCUT2D eigenvalue weighted by atomic mass is 35.5. The first-order valence-electron chi connectivity index (χ1n) is 3.04. The Kier molecular flexibility index (Phi) is 1.87. The van der Waals surface area contributed by atoms with E-state index in [4.69, 9.17) is 34.8 Å². The molecule has 2 heterocycles. The van der Waals surface area contributed by atoms with Crippen LogP contribution in [0.25, 0.3) is 5.65 Å². The van der Waals surface area contributed by atoms with Gasteiger partial charge in [0.15, 0.2) is 10.8 Å². The molecule has 0 saturated carbocycles. The molecule has 0 saturated heterocycles. The van der Waals surface area contributed by atoms with E-state index in [1.165, 1.54) is 16.8 Å². The van der Waals surface area contributed by atoms with Gasteiger partial charge in [-0.3, -0.25) is 0 Å². The summed E-state index contributed by atoms with van der Waals surface area (Å²) in [5.41, 5.74) is 0.506. The zero-order chi connectivity index (χ0) is 8.72. The van der Waals surface area contributed by atoms with Gasteiger partial charge in [-0.2, -0.15) is 5.10 Å². The number of fused-ring (bicyclic) bond motifs is 1. The summed E-state index contributed by atoms with van der Waals surface area (Å²) in [5.74, 6) is 0. The number of halogens is 3. The van der Waals surface area contributed by atoms with Gasteiger partial charge >= 0.3 is 0 Å². The second-order valence-electron chi connectivity index (χ2n) is 2.15. The van der Waals surface area contributed by atoms with Gasteiger partial charge in [0.25, 0.3) is 0 Å². The van der Waals surface area contributed by atoms with Crippen LogP contribution in [-0.2, 0) is 0 Å². The summed E-state index contributed by atoms with van der Waals surface area (Å²) in [6.45, 7) is 0. The summed E-state index contributed by atoms with van der Waals surface area (Å²) in [6.07, 6.45) is 1.54. The van der Waals surface area contributed by atoms with Crippen LogP contribution < -0.4 is 0 Å². The maximum Gasteiger partial charge on any atom is 0.173 e. The lowest BCUT2D eigenvalue weighted by Gasteiger charge is -1.94. The molecule has 3 nitrogen and oxygen atoms in total. The van der Waals surface area contributed by atoms with Crippen molar-refractivity contribution in [2.24, 2.45) is 0 Å². The van der Waals surface area contributed by atoms with Gasteiger partial charge in [0.1, 0.15) is 5.15 Å². The van der Waals surface area contributed by atoms with E-state index in [9.17, 15) is 0 Å². The van der Waals surface area contributed by atoms with Gasteiger partial charge < -0.3 is 0 Å². The second kappa shape index (κ2) is 2.76. The van der Waals surface area contributed by atoms with Crippen molar-refractivity contribution in [2.45, 2.75) is 0 Å². The van der Waals surface area contributed by atoms with Crippen LogP contribution in [0.5, 0.6) is 0 Å². The van der Waals surface area contributed by atoms with Gasteiger partial charge in [0.2, 0.25) is 0 Å². The van der Waals surface area contributed by atoms with Crippen LogP contribution in [0.4, 0.5) is 0 Å². The number of imidazole rings is 1. The molecule has 0 N–H and O–H groups in total. The number of hydrogen-bond donors (Lipinski definition) is 0. The fourth-order valence-electron chi connectivity index (χ4n) is 0.883. The first-order chi connectivity index (χ1) is 5.66. The van der Waals surface area contributed by atoms with Crippen molar-refractivity contribution in [3.63, 3.8) is 0 Å². The van der Waals surface area contributed by atoms with Gasteiger partial charge in [0.05, 0.1) is 11.2 Å². The predicted octanol–water partition coefficient (Wildman–Crippen LogP) is 2.69. The summed E-state index contributed by atoms with van der Waals surface area (Å²) in [7, 11) is 0. The fraction of sp³-hybridized carbons (Fsp3) is 0. The average Bonchev–Trinajstić information content (AvgIpc) is 2.29. The van der Waals surface area contributed by atoms with Crippen LogP contribution in [0.2, 0.25) is 15.3 Å². The molecule has 0 aromatic carbocycles. The molecule has 0 aliphatic heterocycles. The van der Waals surface area contributed by atoms with Crippen molar-refractivity contribution >= 4 is 40.4 Å². The minimum absolute atomic E-state index is 0.307. The van der Waals surface area contributed by atoms with Crippen molar-refractivity contribution < 1.29 is 0 Å². The van der Waals surface area contributed by atoms with E-state index in [0.29, 0.717) is 21.0 Å². The van der Waals surface area contributed by atoms with E-state index in [-0.39, 0.29) is 0 Å². The third-order valence-corrected chi connectivity index (χ3v) is 1.97. The van der Waals surface area contributed by atoms with Gasteiger partial charge in [-0.05, 0) is 6.07 Å². The molecule has 0 atom stereocenters. The van der Waals surface area contributed by atoms with Crippen LogP contribution in [0.15, 0.2) is 12.3 Å². The molecule has 0 aliphatic rings. The van der Waals surface area contributed by atoms with Gasteiger partial charge in [-0.1, -0.05) is 34.8 Å². The maximum atomic E-state index is 5.81. The molecule has 0 unspecified atom stereocenters. The third-order valence-electron chi connectivity index (χ3n) is 1.32. The zero-order valence-corrected chi connectivity index (χ0v) is 7.90. The minimum Gasteiger partial charge on any atom is -0.217 e. The number of hydrogen-bond acceptors (Lipinski definition) is 2. The number of nitrogens with zero attached hydrogens (tertiary/aromatic N) is 3. The molecule has 2 rings (SSSR count). The first-order valence-corrected chi connectivity index (χ1v) is 4.17. The molecule has 0 spiro atoms. The second-order valence-corrected chi connectivity index (χ2v) is 3.33. The largest absolute Gasteiger partial charge is 0.217 e. The fourth-order valence-corrected chi connectivity index (χ4v) is 1.53. The summed E-state index contributed by atoms with van der Waals surface area (Å²) < 4.78 is 1.44. The molecule has 0 fully saturated rings. The summed E-state index contributed by atoms with van der Waals surface area (Å²) in [4.78, 5) is 3.93. The van der Waals surface area contributed by atoms with E-state index < -0.39 is 0 Å². The van der Waals surface area contributed by atoms with Crippen molar-refractivity contribution in [2.75, 3.05) is 0 Å². The Bertz CT molecular complexity index is 437. The number of rotatable bonds is 0. The third kappa shape index (κ3) is 1.24. The van der Waals surface area contributed by atoms with Crippen molar-refractivity contribution in [3.8, 4) is 0 Å². The lowest BCUT2D eigenvalue weighted by Crippen LogP contribution is -1.90. The smallest absolute Gasteiger partial charge is 0.173 e. The van der Waals surface area contributed by atoms with Crippen LogP contribution in [-0.4, -0.2) is 14.6 Å². The number of aromatic nitrogens is 3. The van der Waals surface area contributed by atoms with Crippen LogP contribution in [0.1, 0.15) is 0 Å². The Labute approximate surface area is 82.9 Å². The normalized spacial score (nSPS) is 10.9. The van der Waals surface area contributed by atoms with Gasteiger partial charge in [0, 0.05) is 0 Å². The molecule has 0 aliphatic carbocycles. The average molecular weight is 222 g/mol. The van der Waals surface area contributed by atoms with Crippen molar-refractivity contribution in [1.29, 1.82) is 0 Å². The molecule has 62 valence electrons. The van der Waals surface area contributed by atoms with E-state index in [0.717, 1.165) is 0 Å². The Balaban J connectivity index is 2.88. The molecule has 0 bridgehead atoms. The molecule has 0 radical (unpaired) electrons. The Hall–Kier alpha value is -0.510. The Morgan fingerprint density at radius 1 is 1.17 bits per heavy atom. The topological polar surface area (TPSA) is 30.2 Å². The Morgan fingerprint density at radius 2 is 1.92 bits per heavy atom. The van der Waals surface area contributed by atoms with Gasteiger partial charge in [-0.15, -0.1) is 0 Å². The molecule has 2 aromatic rings. The predicted molar refractivity (Wildman–Crippen MR) is 48.0 cm³/mol. The lowest BCUT2D eigenvalue weighted by atomic mass is 10.5. The van der Waals surface area contributed by atoms with E-state index in [1.54, 1.807) is 0 Å². The quantitative estimate of drug-likeness (QED) is 0.686. The van der Waals surface area contributed by atoms with Crippen molar-refractivity contribution in [3.05, 3.63) is 27.6 Å². The molecular weight excluding hydrogens is 220 g/mol. The van der Waals surface area contributed by atoms with Crippen LogP contribution in [0, 0.1) is 0 Å². The van der Waals surface area contributed by atoms with E-state index >= 15 is 0 Å². The highest BCUT2D eigenvalue weighted by Gasteiger charge is 2.05. The molecule has 2 aromatic heterocycles. The molecule has 0 amide bonds.